The second kappa shape index (κ2) is 5.06. The third-order valence-electron chi connectivity index (χ3n) is 1.95. The fraction of sp³-hybridized carbons (Fsp3) is 0.333. The van der Waals surface area contributed by atoms with Gasteiger partial charge in [-0.1, -0.05) is 0 Å². The van der Waals surface area contributed by atoms with Gasteiger partial charge in [0.1, 0.15) is 5.69 Å². The Morgan fingerprint density at radius 1 is 1.25 bits per heavy atom. The second-order valence-electron chi connectivity index (χ2n) is 3.47. The molecule has 0 atom stereocenters. The van der Waals surface area contributed by atoms with Gasteiger partial charge in [0.15, 0.2) is 5.43 Å². The summed E-state index contributed by atoms with van der Waals surface area (Å²) in [6.45, 7) is 0. The van der Waals surface area contributed by atoms with E-state index >= 15 is 0 Å². The zero-order valence-electron chi connectivity index (χ0n) is 9.22. The number of H-pyrrole nitrogens is 1. The van der Waals surface area contributed by atoms with Gasteiger partial charge in [0.25, 0.3) is 0 Å². The number of ether oxygens (including phenoxy) is 1. The van der Waals surface area contributed by atoms with Crippen molar-refractivity contribution in [2.45, 2.75) is 19.0 Å². The lowest BCUT2D eigenvalue weighted by atomic mass is 10.1. The molecule has 0 aliphatic rings. The minimum absolute atomic E-state index is 0.0982. The van der Waals surface area contributed by atoms with Gasteiger partial charge in [-0.05, 0) is 0 Å². The maximum Gasteiger partial charge on any atom is 0.574 e. The Balaban J connectivity index is 3.41. The molecule has 20 heavy (non-hydrogen) atoms. The van der Waals surface area contributed by atoms with E-state index in [2.05, 4.69) is 4.74 Å². The average Bonchev–Trinajstić information content (AvgIpc) is 2.16. The normalized spacial score (nSPS) is 12.3. The molecule has 0 fully saturated rings. The lowest BCUT2D eigenvalue weighted by molar-refractivity contribution is -0.276. The Kier molecular flexibility index (Phi) is 4.01. The molecule has 0 radical (unpaired) electrons. The molecule has 2 N–H and O–H groups in total. The number of aromatic nitrogens is 1. The predicted octanol–water partition coefficient (Wildman–Crippen LogP) is 1.92. The van der Waals surface area contributed by atoms with Crippen LogP contribution in [0.2, 0.25) is 0 Å². The number of carboxylic acid groups (broad SMARTS) is 1. The highest BCUT2D eigenvalue weighted by atomic mass is 19.4. The van der Waals surface area contributed by atoms with Gasteiger partial charge in [-0.15, -0.1) is 13.2 Å². The minimum atomic E-state index is -5.31. The molecule has 112 valence electrons. The zero-order chi connectivity index (χ0) is 15.7. The first-order chi connectivity index (χ1) is 8.90. The van der Waals surface area contributed by atoms with Gasteiger partial charge in [-0.3, -0.25) is 9.59 Å². The van der Waals surface area contributed by atoms with E-state index in [0.29, 0.717) is 0 Å². The number of hydrogen-bond donors (Lipinski definition) is 2. The smallest absolute Gasteiger partial charge is 0.481 e. The maximum absolute atomic E-state index is 12.6. The number of carbonyl (C=O) groups is 1. The fourth-order valence-corrected chi connectivity index (χ4v) is 1.31. The molecule has 0 aliphatic carbocycles. The number of aliphatic carboxylic acids is 1. The summed E-state index contributed by atoms with van der Waals surface area (Å²) in [5.74, 6) is -3.23. The highest BCUT2D eigenvalue weighted by Gasteiger charge is 2.38. The fourth-order valence-electron chi connectivity index (χ4n) is 1.31. The molecule has 11 heteroatoms. The number of rotatable bonds is 3. The van der Waals surface area contributed by atoms with Crippen LogP contribution in [-0.2, 0) is 17.4 Å². The van der Waals surface area contributed by atoms with E-state index in [1.807, 2.05) is 0 Å². The van der Waals surface area contributed by atoms with Gasteiger partial charge in [0.2, 0.25) is 5.88 Å². The highest BCUT2D eigenvalue weighted by Crippen LogP contribution is 2.31. The minimum Gasteiger partial charge on any atom is -0.481 e. The van der Waals surface area contributed by atoms with Crippen LogP contribution in [-0.4, -0.2) is 22.4 Å². The lowest BCUT2D eigenvalue weighted by Gasteiger charge is -2.14. The van der Waals surface area contributed by atoms with Crippen LogP contribution in [0.1, 0.15) is 11.3 Å². The zero-order valence-corrected chi connectivity index (χ0v) is 9.22. The standard InChI is InChI=1S/C9H5F6NO4/c10-8(11,12)7-3(1-6(18)19)4(17)2-5(16-7)20-9(13,14)15/h2H,1H2,(H,16,17)(H,18,19). The Morgan fingerprint density at radius 3 is 2.20 bits per heavy atom. The van der Waals surface area contributed by atoms with Crippen LogP contribution in [0.5, 0.6) is 5.88 Å². The molecule has 5 nitrogen and oxygen atoms in total. The average molecular weight is 305 g/mol. The van der Waals surface area contributed by atoms with Crippen molar-refractivity contribution >= 4 is 5.97 Å². The van der Waals surface area contributed by atoms with Crippen molar-refractivity contribution < 1.29 is 41.0 Å². The van der Waals surface area contributed by atoms with E-state index in [1.54, 1.807) is 0 Å². The van der Waals surface area contributed by atoms with Gasteiger partial charge < -0.3 is 14.8 Å². The first kappa shape index (κ1) is 15.9. The van der Waals surface area contributed by atoms with Gasteiger partial charge in [-0.2, -0.15) is 13.2 Å². The Morgan fingerprint density at radius 2 is 1.80 bits per heavy atom. The summed E-state index contributed by atoms with van der Waals surface area (Å²) in [5, 5.41) is 8.41. The van der Waals surface area contributed by atoms with Gasteiger partial charge >= 0.3 is 18.5 Å². The molecule has 1 heterocycles. The SMILES string of the molecule is O=C(O)Cc1c(C(F)(F)F)[nH]c(OC(F)(F)F)cc1=O. The summed E-state index contributed by atoms with van der Waals surface area (Å²) in [7, 11) is 0. The summed E-state index contributed by atoms with van der Waals surface area (Å²) >= 11 is 0. The molecular formula is C9H5F6NO4. The van der Waals surface area contributed by atoms with E-state index in [9.17, 15) is 35.9 Å². The van der Waals surface area contributed by atoms with Crippen LogP contribution in [0.4, 0.5) is 26.3 Å². The summed E-state index contributed by atoms with van der Waals surface area (Å²) < 4.78 is 76.6. The third kappa shape index (κ3) is 4.17. The van der Waals surface area contributed by atoms with Crippen molar-refractivity contribution in [3.63, 3.8) is 0 Å². The monoisotopic (exact) mass is 305 g/mol. The molecule has 0 aliphatic heterocycles. The highest BCUT2D eigenvalue weighted by molar-refractivity contribution is 5.70. The molecule has 0 unspecified atom stereocenters. The third-order valence-corrected chi connectivity index (χ3v) is 1.95. The lowest BCUT2D eigenvalue weighted by Crippen LogP contribution is -2.25. The van der Waals surface area contributed by atoms with Crippen molar-refractivity contribution in [2.24, 2.45) is 0 Å². The number of aromatic amines is 1. The second-order valence-corrected chi connectivity index (χ2v) is 3.47. The van der Waals surface area contributed by atoms with Crippen LogP contribution in [0.25, 0.3) is 0 Å². The van der Waals surface area contributed by atoms with E-state index in [4.69, 9.17) is 5.11 Å². The largest absolute Gasteiger partial charge is 0.574 e. The van der Waals surface area contributed by atoms with E-state index in [0.717, 1.165) is 0 Å². The van der Waals surface area contributed by atoms with Crippen molar-refractivity contribution in [3.05, 3.63) is 27.5 Å². The molecule has 0 bridgehead atoms. The molecule has 0 aromatic carbocycles. The molecule has 0 amide bonds. The van der Waals surface area contributed by atoms with Crippen LogP contribution in [0, 0.1) is 0 Å². The molecule has 0 saturated heterocycles. The number of carboxylic acids is 1. The number of halogens is 6. The summed E-state index contributed by atoms with van der Waals surface area (Å²) in [6.07, 6.45) is -11.8. The number of nitrogens with one attached hydrogen (secondary N) is 1. The summed E-state index contributed by atoms with van der Waals surface area (Å²) in [5.41, 5.74) is -4.64. The van der Waals surface area contributed by atoms with Crippen molar-refractivity contribution in [2.75, 3.05) is 0 Å². The number of hydrogen-bond acceptors (Lipinski definition) is 3. The Hall–Kier alpha value is -2.20. The summed E-state index contributed by atoms with van der Waals surface area (Å²) in [6, 6.07) is 0.0982. The topological polar surface area (TPSA) is 79.4 Å². The molecule has 0 spiro atoms. The van der Waals surface area contributed by atoms with Crippen LogP contribution >= 0.6 is 0 Å². The first-order valence-electron chi connectivity index (χ1n) is 4.71. The first-order valence-corrected chi connectivity index (χ1v) is 4.71. The van der Waals surface area contributed by atoms with Crippen molar-refractivity contribution in [3.8, 4) is 5.88 Å². The molecule has 1 aromatic heterocycles. The quantitative estimate of drug-likeness (QED) is 0.836. The number of pyridine rings is 1. The molecular weight excluding hydrogens is 300 g/mol. The van der Waals surface area contributed by atoms with Crippen LogP contribution in [0.3, 0.4) is 0 Å². The van der Waals surface area contributed by atoms with Crippen LogP contribution < -0.4 is 10.2 Å². The van der Waals surface area contributed by atoms with E-state index < -0.39 is 47.5 Å². The Bertz CT molecular complexity index is 573. The predicted molar refractivity (Wildman–Crippen MR) is 50.1 cm³/mol. The molecule has 1 rings (SSSR count). The van der Waals surface area contributed by atoms with Crippen molar-refractivity contribution in [1.82, 2.24) is 4.98 Å². The Labute approximate surface area is 105 Å². The van der Waals surface area contributed by atoms with Gasteiger partial charge in [0, 0.05) is 11.6 Å². The number of alkyl halides is 6. The van der Waals surface area contributed by atoms with E-state index in [-0.39, 0.29) is 6.07 Å². The molecule has 0 saturated carbocycles. The van der Waals surface area contributed by atoms with Crippen molar-refractivity contribution in [1.29, 1.82) is 0 Å². The van der Waals surface area contributed by atoms with Gasteiger partial charge in [0.05, 0.1) is 6.42 Å². The summed E-state index contributed by atoms with van der Waals surface area (Å²) in [4.78, 5) is 22.9. The maximum atomic E-state index is 12.6. The van der Waals surface area contributed by atoms with Gasteiger partial charge in [-0.25, -0.2) is 0 Å². The molecule has 1 aromatic rings. The van der Waals surface area contributed by atoms with Crippen LogP contribution in [0.15, 0.2) is 10.9 Å². The van der Waals surface area contributed by atoms with E-state index in [1.165, 1.54) is 4.98 Å².